The van der Waals surface area contributed by atoms with Crippen molar-refractivity contribution in [3.05, 3.63) is 23.8 Å². The Morgan fingerprint density at radius 2 is 2.25 bits per heavy atom. The molecule has 1 aliphatic carbocycles. The van der Waals surface area contributed by atoms with E-state index in [0.29, 0.717) is 17.8 Å². The Balaban J connectivity index is 1.53. The zero-order chi connectivity index (χ0) is 16.9. The fourth-order valence-electron chi connectivity index (χ4n) is 2.84. The van der Waals surface area contributed by atoms with Gasteiger partial charge in [-0.25, -0.2) is 0 Å². The first-order valence-corrected chi connectivity index (χ1v) is 8.28. The predicted molar refractivity (Wildman–Crippen MR) is 86.0 cm³/mol. The van der Waals surface area contributed by atoms with Gasteiger partial charge in [0.25, 0.3) is 0 Å². The first kappa shape index (κ1) is 17.6. The second kappa shape index (κ2) is 8.26. The van der Waals surface area contributed by atoms with Crippen LogP contribution in [-0.4, -0.2) is 62.9 Å². The van der Waals surface area contributed by atoms with Crippen LogP contribution in [0.1, 0.15) is 19.3 Å². The molecule has 24 heavy (non-hydrogen) atoms. The molecule has 6 heteroatoms. The fourth-order valence-corrected chi connectivity index (χ4v) is 2.84. The molecule has 5 atom stereocenters. The highest BCUT2D eigenvalue weighted by molar-refractivity contribution is 5.43. The van der Waals surface area contributed by atoms with E-state index >= 15 is 0 Å². The van der Waals surface area contributed by atoms with Crippen LogP contribution in [0.5, 0.6) is 0 Å². The van der Waals surface area contributed by atoms with Gasteiger partial charge in [0, 0.05) is 24.9 Å². The molecule has 3 aliphatic rings. The lowest BCUT2D eigenvalue weighted by Crippen LogP contribution is -2.32. The molecule has 2 heterocycles. The minimum Gasteiger partial charge on any atom is -0.385 e. The van der Waals surface area contributed by atoms with Gasteiger partial charge in [0.2, 0.25) is 0 Å². The Morgan fingerprint density at radius 3 is 3.00 bits per heavy atom. The van der Waals surface area contributed by atoms with E-state index in [1.54, 1.807) is 13.2 Å². The van der Waals surface area contributed by atoms with E-state index in [9.17, 15) is 5.11 Å². The number of aliphatic hydroxyl groups is 1. The van der Waals surface area contributed by atoms with Crippen LogP contribution in [0, 0.1) is 11.8 Å². The summed E-state index contributed by atoms with van der Waals surface area (Å²) in [6, 6.07) is 0. The fraction of sp³-hybridized carbons (Fsp3) is 0.667. The van der Waals surface area contributed by atoms with E-state index in [-0.39, 0.29) is 31.4 Å². The zero-order valence-electron chi connectivity index (χ0n) is 13.9. The van der Waals surface area contributed by atoms with Crippen molar-refractivity contribution in [3.8, 4) is 11.8 Å². The van der Waals surface area contributed by atoms with Crippen molar-refractivity contribution in [3.63, 3.8) is 0 Å². The molecule has 3 unspecified atom stereocenters. The molecular weight excluding hydrogens is 312 g/mol. The van der Waals surface area contributed by atoms with Gasteiger partial charge in [-0.3, -0.25) is 0 Å². The Morgan fingerprint density at radius 1 is 1.38 bits per heavy atom. The quantitative estimate of drug-likeness (QED) is 0.446. The summed E-state index contributed by atoms with van der Waals surface area (Å²) in [6.07, 6.45) is 3.41. The molecular formula is C18H24O6. The van der Waals surface area contributed by atoms with Crippen LogP contribution in [0.25, 0.3) is 0 Å². The molecule has 132 valence electrons. The Bertz CT molecular complexity index is 539. The number of epoxide rings is 1. The highest BCUT2D eigenvalue weighted by Gasteiger charge is 2.53. The Hall–Kier alpha value is -1.20. The van der Waals surface area contributed by atoms with Crippen molar-refractivity contribution in [2.24, 2.45) is 0 Å². The third-order valence-electron chi connectivity index (χ3n) is 4.20. The van der Waals surface area contributed by atoms with Crippen molar-refractivity contribution in [2.45, 2.75) is 50.0 Å². The monoisotopic (exact) mass is 336 g/mol. The first-order valence-electron chi connectivity index (χ1n) is 8.28. The van der Waals surface area contributed by atoms with Gasteiger partial charge in [-0.05, 0) is 25.3 Å². The number of rotatable bonds is 6. The van der Waals surface area contributed by atoms with Gasteiger partial charge in [0.05, 0.1) is 6.61 Å². The standard InChI is InChI=1S/C18H24O6/c1-12(10-22-15-5-3-4-8-21-15)6-7-13-9-14(23-11-20-2)17-18(24-17)16(13)19/h9,14-19H,1,3-5,8,10-11H2,2H3/t14?,15?,16?,17-,18+/m0/s1. The van der Waals surface area contributed by atoms with Crippen LogP contribution in [-0.2, 0) is 23.7 Å². The first-order chi connectivity index (χ1) is 11.7. The molecule has 1 N–H and O–H groups in total. The second-order valence-corrected chi connectivity index (χ2v) is 6.13. The lowest BCUT2D eigenvalue weighted by Gasteiger charge is -2.22. The van der Waals surface area contributed by atoms with Crippen LogP contribution in [0.4, 0.5) is 0 Å². The van der Waals surface area contributed by atoms with E-state index < -0.39 is 6.10 Å². The maximum atomic E-state index is 10.2. The number of hydrogen-bond acceptors (Lipinski definition) is 6. The summed E-state index contributed by atoms with van der Waals surface area (Å²) in [7, 11) is 1.56. The topological polar surface area (TPSA) is 69.7 Å². The van der Waals surface area contributed by atoms with Crippen molar-refractivity contribution in [1.29, 1.82) is 0 Å². The molecule has 2 saturated heterocycles. The number of methoxy groups -OCH3 is 1. The Labute approximate surface area is 142 Å². The van der Waals surface area contributed by atoms with Crippen LogP contribution in [0.15, 0.2) is 23.8 Å². The minimum absolute atomic E-state index is 0.115. The van der Waals surface area contributed by atoms with Crippen LogP contribution < -0.4 is 0 Å². The van der Waals surface area contributed by atoms with Gasteiger partial charge in [-0.1, -0.05) is 18.4 Å². The SMILES string of the molecule is C=C(C#CC1=CC(OCOC)[C@@H]2O[C@@H]2C1O)COC1CCCCO1. The highest BCUT2D eigenvalue weighted by Crippen LogP contribution is 2.37. The third-order valence-corrected chi connectivity index (χ3v) is 4.20. The van der Waals surface area contributed by atoms with Gasteiger partial charge < -0.3 is 28.8 Å². The second-order valence-electron chi connectivity index (χ2n) is 6.13. The maximum Gasteiger partial charge on any atom is 0.158 e. The molecule has 6 nitrogen and oxygen atoms in total. The van der Waals surface area contributed by atoms with Gasteiger partial charge in [0.1, 0.15) is 31.2 Å². The summed E-state index contributed by atoms with van der Waals surface area (Å²) in [5.41, 5.74) is 1.23. The van der Waals surface area contributed by atoms with Crippen LogP contribution >= 0.6 is 0 Å². The predicted octanol–water partition coefficient (Wildman–Crippen LogP) is 1.15. The smallest absolute Gasteiger partial charge is 0.158 e. The molecule has 0 saturated carbocycles. The van der Waals surface area contributed by atoms with Gasteiger partial charge >= 0.3 is 0 Å². The average Bonchev–Trinajstić information content (AvgIpc) is 3.41. The molecule has 0 radical (unpaired) electrons. The number of aliphatic hydroxyl groups excluding tert-OH is 1. The van der Waals surface area contributed by atoms with E-state index in [1.165, 1.54) is 0 Å². The summed E-state index contributed by atoms with van der Waals surface area (Å²) >= 11 is 0. The summed E-state index contributed by atoms with van der Waals surface area (Å²) in [5.74, 6) is 5.90. The Kier molecular flexibility index (Phi) is 6.06. The van der Waals surface area contributed by atoms with Crippen molar-refractivity contribution < 1.29 is 28.8 Å². The lowest BCUT2D eigenvalue weighted by atomic mass is 9.94. The zero-order valence-corrected chi connectivity index (χ0v) is 13.9. The largest absolute Gasteiger partial charge is 0.385 e. The molecule has 0 bridgehead atoms. The van der Waals surface area contributed by atoms with Gasteiger partial charge in [-0.15, -0.1) is 0 Å². The molecule has 0 aromatic carbocycles. The molecule has 0 aromatic heterocycles. The molecule has 2 aliphatic heterocycles. The van der Waals surface area contributed by atoms with Crippen LogP contribution in [0.3, 0.4) is 0 Å². The summed E-state index contributed by atoms with van der Waals surface area (Å²) in [6.45, 7) is 5.14. The van der Waals surface area contributed by atoms with Gasteiger partial charge in [0.15, 0.2) is 6.29 Å². The molecule has 0 spiro atoms. The third kappa shape index (κ3) is 4.45. The van der Waals surface area contributed by atoms with Crippen molar-refractivity contribution in [2.75, 3.05) is 27.1 Å². The van der Waals surface area contributed by atoms with E-state index in [4.69, 9.17) is 23.7 Å². The minimum atomic E-state index is -0.722. The molecule has 0 aromatic rings. The lowest BCUT2D eigenvalue weighted by molar-refractivity contribution is -0.156. The summed E-state index contributed by atoms with van der Waals surface area (Å²) < 4.78 is 27.0. The summed E-state index contributed by atoms with van der Waals surface area (Å²) in [4.78, 5) is 0. The van der Waals surface area contributed by atoms with Crippen molar-refractivity contribution >= 4 is 0 Å². The molecule has 3 rings (SSSR count). The number of ether oxygens (including phenoxy) is 5. The number of fused-ring (bicyclic) bond motifs is 1. The maximum absolute atomic E-state index is 10.2. The van der Waals surface area contributed by atoms with E-state index in [0.717, 1.165) is 25.9 Å². The van der Waals surface area contributed by atoms with Crippen molar-refractivity contribution in [1.82, 2.24) is 0 Å². The van der Waals surface area contributed by atoms with E-state index in [1.807, 2.05) is 0 Å². The summed E-state index contributed by atoms with van der Waals surface area (Å²) in [5, 5.41) is 10.2. The average molecular weight is 336 g/mol. The number of hydrogen-bond donors (Lipinski definition) is 1. The van der Waals surface area contributed by atoms with Gasteiger partial charge in [-0.2, -0.15) is 0 Å². The highest BCUT2D eigenvalue weighted by atomic mass is 16.7. The van der Waals surface area contributed by atoms with Crippen LogP contribution in [0.2, 0.25) is 0 Å². The molecule has 0 amide bonds. The molecule has 2 fully saturated rings. The van der Waals surface area contributed by atoms with E-state index in [2.05, 4.69) is 18.4 Å². The normalized spacial score (nSPS) is 34.6.